The Labute approximate surface area is 68.7 Å². The lowest BCUT2D eigenvalue weighted by Gasteiger charge is -2.27. The van der Waals surface area contributed by atoms with E-state index in [0.29, 0.717) is 0 Å². The minimum Gasteiger partial charge on any atom is -0.465 e. The van der Waals surface area contributed by atoms with Crippen LogP contribution in [0.4, 0.5) is 13.6 Å². The topological polar surface area (TPSA) is 75.3 Å². The normalized spacial score (nSPS) is 15.8. The number of alkyl halides is 2. The van der Waals surface area contributed by atoms with Gasteiger partial charge in [0, 0.05) is 13.0 Å². The first-order valence-corrected chi connectivity index (χ1v) is 3.39. The number of amides is 1. The molecule has 72 valence electrons. The molecule has 0 aliphatic rings. The zero-order valence-corrected chi connectivity index (χ0v) is 6.68. The van der Waals surface area contributed by atoms with Crippen LogP contribution in [0, 0.1) is 0 Å². The van der Waals surface area contributed by atoms with Crippen LogP contribution in [0.1, 0.15) is 13.3 Å². The van der Waals surface area contributed by atoms with Crippen LogP contribution in [-0.4, -0.2) is 29.7 Å². The molecule has 1 unspecified atom stereocenters. The fourth-order valence-electron chi connectivity index (χ4n) is 0.784. The number of hydrogen-bond donors (Lipinski definition) is 3. The zero-order chi connectivity index (χ0) is 9.78. The van der Waals surface area contributed by atoms with Crippen molar-refractivity contribution in [3.8, 4) is 0 Å². The molecule has 0 aliphatic heterocycles. The van der Waals surface area contributed by atoms with Gasteiger partial charge >= 0.3 is 6.09 Å². The Morgan fingerprint density at radius 2 is 2.25 bits per heavy atom. The molecule has 0 aromatic rings. The van der Waals surface area contributed by atoms with E-state index >= 15 is 0 Å². The first-order valence-electron chi connectivity index (χ1n) is 3.39. The van der Waals surface area contributed by atoms with E-state index in [1.54, 1.807) is 0 Å². The van der Waals surface area contributed by atoms with Crippen LogP contribution in [-0.2, 0) is 0 Å². The highest BCUT2D eigenvalue weighted by atomic mass is 19.3. The van der Waals surface area contributed by atoms with Crippen molar-refractivity contribution >= 4 is 6.09 Å². The number of nitrogens with two attached hydrogens (primary N) is 1. The first-order chi connectivity index (χ1) is 5.39. The molecule has 0 bridgehead atoms. The monoisotopic (exact) mass is 182 g/mol. The first kappa shape index (κ1) is 11.1. The molecular weight excluding hydrogens is 170 g/mol. The van der Waals surface area contributed by atoms with E-state index in [-0.39, 0.29) is 6.54 Å². The van der Waals surface area contributed by atoms with Crippen molar-refractivity contribution in [2.45, 2.75) is 25.3 Å². The summed E-state index contributed by atoms with van der Waals surface area (Å²) in [6.45, 7) is 1.19. The van der Waals surface area contributed by atoms with Crippen molar-refractivity contribution in [2.75, 3.05) is 6.54 Å². The Hall–Kier alpha value is -0.910. The van der Waals surface area contributed by atoms with Gasteiger partial charge in [0.1, 0.15) is 0 Å². The van der Waals surface area contributed by atoms with Gasteiger partial charge in [-0.1, -0.05) is 0 Å². The molecule has 12 heavy (non-hydrogen) atoms. The van der Waals surface area contributed by atoms with E-state index in [1.807, 2.05) is 5.32 Å². The number of hydrogen-bond acceptors (Lipinski definition) is 2. The van der Waals surface area contributed by atoms with Crippen LogP contribution in [0.25, 0.3) is 0 Å². The third-order valence-corrected chi connectivity index (χ3v) is 1.46. The van der Waals surface area contributed by atoms with Crippen LogP contribution in [0.5, 0.6) is 0 Å². The molecule has 0 aromatic heterocycles. The molecule has 4 nitrogen and oxygen atoms in total. The predicted octanol–water partition coefficient (Wildman–Crippen LogP) is 0.627. The molecule has 0 aliphatic carbocycles. The second-order valence-electron chi connectivity index (χ2n) is 2.79. The summed E-state index contributed by atoms with van der Waals surface area (Å²) < 4.78 is 23.8. The molecule has 0 heterocycles. The average molecular weight is 182 g/mol. The molecule has 4 N–H and O–H groups in total. The summed E-state index contributed by atoms with van der Waals surface area (Å²) >= 11 is 0. The van der Waals surface area contributed by atoms with Gasteiger partial charge in [-0.2, -0.15) is 0 Å². The van der Waals surface area contributed by atoms with Gasteiger partial charge < -0.3 is 16.2 Å². The molecule has 0 rings (SSSR count). The number of nitrogens with one attached hydrogen (secondary N) is 1. The molecular formula is C6H12F2N2O2. The Balaban J connectivity index is 4.13. The minimum absolute atomic E-state index is 0.149. The van der Waals surface area contributed by atoms with E-state index in [1.165, 1.54) is 6.92 Å². The van der Waals surface area contributed by atoms with Gasteiger partial charge in [-0.25, -0.2) is 13.6 Å². The van der Waals surface area contributed by atoms with Crippen LogP contribution >= 0.6 is 0 Å². The van der Waals surface area contributed by atoms with Crippen molar-refractivity contribution in [1.29, 1.82) is 0 Å². The van der Waals surface area contributed by atoms with Crippen LogP contribution in [0.3, 0.4) is 0 Å². The highest BCUT2D eigenvalue weighted by Gasteiger charge is 2.28. The van der Waals surface area contributed by atoms with Crippen LogP contribution < -0.4 is 11.1 Å². The van der Waals surface area contributed by atoms with Crippen molar-refractivity contribution in [1.82, 2.24) is 5.32 Å². The number of rotatable bonds is 4. The van der Waals surface area contributed by atoms with E-state index in [2.05, 4.69) is 0 Å². The van der Waals surface area contributed by atoms with Crippen molar-refractivity contribution < 1.29 is 18.7 Å². The molecule has 0 saturated heterocycles. The second kappa shape index (κ2) is 4.20. The fourth-order valence-corrected chi connectivity index (χ4v) is 0.784. The zero-order valence-electron chi connectivity index (χ0n) is 6.68. The lowest BCUT2D eigenvalue weighted by Crippen LogP contribution is -2.52. The predicted molar refractivity (Wildman–Crippen MR) is 39.2 cm³/mol. The molecule has 0 spiro atoms. The Morgan fingerprint density at radius 3 is 2.50 bits per heavy atom. The van der Waals surface area contributed by atoms with Gasteiger partial charge in [-0.05, 0) is 6.92 Å². The highest BCUT2D eigenvalue weighted by molar-refractivity contribution is 5.65. The number of halogens is 2. The maximum atomic E-state index is 11.9. The van der Waals surface area contributed by atoms with Crippen molar-refractivity contribution in [3.63, 3.8) is 0 Å². The van der Waals surface area contributed by atoms with E-state index in [9.17, 15) is 13.6 Å². The Morgan fingerprint density at radius 1 is 1.75 bits per heavy atom. The third-order valence-electron chi connectivity index (χ3n) is 1.46. The van der Waals surface area contributed by atoms with Gasteiger partial charge in [0.25, 0.3) is 0 Å². The number of carbonyl (C=O) groups is 1. The SMILES string of the molecule is CC(CN)(CC(F)F)NC(=O)O. The van der Waals surface area contributed by atoms with Gasteiger partial charge in [0.15, 0.2) is 0 Å². The Bertz CT molecular complexity index is 166. The van der Waals surface area contributed by atoms with Gasteiger partial charge in [-0.3, -0.25) is 0 Å². The standard InChI is InChI=1S/C6H12F2N2O2/c1-6(3-9,2-4(7)8)10-5(11)12/h4,10H,2-3,9H2,1H3,(H,11,12). The highest BCUT2D eigenvalue weighted by Crippen LogP contribution is 2.13. The van der Waals surface area contributed by atoms with Gasteiger partial charge in [-0.15, -0.1) is 0 Å². The molecule has 0 aromatic carbocycles. The Kier molecular flexibility index (Phi) is 3.88. The quantitative estimate of drug-likeness (QED) is 0.596. The summed E-state index contributed by atoms with van der Waals surface area (Å²) in [5.74, 6) is 0. The number of carboxylic acid groups (broad SMARTS) is 1. The summed E-state index contributed by atoms with van der Waals surface area (Å²) in [5, 5.41) is 10.2. The average Bonchev–Trinajstić information content (AvgIpc) is 1.83. The lowest BCUT2D eigenvalue weighted by molar-refractivity contribution is 0.0969. The van der Waals surface area contributed by atoms with Gasteiger partial charge in [0.2, 0.25) is 6.43 Å². The largest absolute Gasteiger partial charge is 0.465 e. The van der Waals surface area contributed by atoms with Gasteiger partial charge in [0.05, 0.1) is 5.54 Å². The van der Waals surface area contributed by atoms with E-state index < -0.39 is 24.5 Å². The second-order valence-corrected chi connectivity index (χ2v) is 2.79. The minimum atomic E-state index is -2.56. The molecule has 0 saturated carbocycles. The molecule has 1 amide bonds. The smallest absolute Gasteiger partial charge is 0.405 e. The summed E-state index contributed by atoms with van der Waals surface area (Å²) in [6, 6.07) is 0. The van der Waals surface area contributed by atoms with E-state index in [0.717, 1.165) is 0 Å². The molecule has 6 heteroatoms. The van der Waals surface area contributed by atoms with Crippen molar-refractivity contribution in [3.05, 3.63) is 0 Å². The molecule has 0 fully saturated rings. The maximum Gasteiger partial charge on any atom is 0.405 e. The maximum absolute atomic E-state index is 11.9. The van der Waals surface area contributed by atoms with Crippen molar-refractivity contribution in [2.24, 2.45) is 5.73 Å². The summed E-state index contributed by atoms with van der Waals surface area (Å²) in [5.41, 5.74) is 3.91. The molecule has 0 radical (unpaired) electrons. The van der Waals surface area contributed by atoms with Crippen LogP contribution in [0.2, 0.25) is 0 Å². The van der Waals surface area contributed by atoms with E-state index in [4.69, 9.17) is 10.8 Å². The summed E-state index contributed by atoms with van der Waals surface area (Å²) in [4.78, 5) is 10.1. The van der Waals surface area contributed by atoms with Crippen LogP contribution in [0.15, 0.2) is 0 Å². The third kappa shape index (κ3) is 4.07. The summed E-state index contributed by atoms with van der Waals surface area (Å²) in [7, 11) is 0. The lowest BCUT2D eigenvalue weighted by atomic mass is 9.99. The summed E-state index contributed by atoms with van der Waals surface area (Å²) in [6.07, 6.45) is -4.48. The molecule has 1 atom stereocenters. The fraction of sp³-hybridized carbons (Fsp3) is 0.833.